The lowest BCUT2D eigenvalue weighted by molar-refractivity contribution is -0.159. The first-order valence-corrected chi connectivity index (χ1v) is 4.65. The minimum Gasteiger partial charge on any atom is -0.390 e. The third kappa shape index (κ3) is 1.46. The molecule has 0 aromatic heterocycles. The molecule has 1 unspecified atom stereocenters. The molecule has 1 aliphatic carbocycles. The molecule has 2 rings (SSSR count). The van der Waals surface area contributed by atoms with Crippen LogP contribution < -0.4 is 0 Å². The van der Waals surface area contributed by atoms with Crippen molar-refractivity contribution in [2.45, 2.75) is 50.5 Å². The smallest absolute Gasteiger partial charge is 0.167 e. The van der Waals surface area contributed by atoms with Gasteiger partial charge in [-0.05, 0) is 13.8 Å². The zero-order chi connectivity index (χ0) is 10.5. The molecule has 5 heteroatoms. The van der Waals surface area contributed by atoms with Crippen molar-refractivity contribution in [1.82, 2.24) is 0 Å². The summed E-state index contributed by atoms with van der Waals surface area (Å²) >= 11 is 0. The number of aliphatic hydroxyl groups excluding tert-OH is 2. The number of ketones is 1. The summed E-state index contributed by atoms with van der Waals surface area (Å²) in [4.78, 5) is 11.4. The molecular weight excluding hydrogens is 188 g/mol. The fraction of sp³-hybridized carbons (Fsp3) is 0.889. The Bertz CT molecular complexity index is 262. The summed E-state index contributed by atoms with van der Waals surface area (Å²) in [6.07, 6.45) is -3.62. The zero-order valence-electron chi connectivity index (χ0n) is 8.14. The normalized spacial score (nSPS) is 46.4. The lowest BCUT2D eigenvalue weighted by atomic mass is 9.89. The second kappa shape index (κ2) is 3.00. The molecule has 0 aromatic rings. The van der Waals surface area contributed by atoms with Gasteiger partial charge >= 0.3 is 0 Å². The summed E-state index contributed by atoms with van der Waals surface area (Å²) in [5.41, 5.74) is 0. The molecule has 80 valence electrons. The maximum atomic E-state index is 11.4. The zero-order valence-corrected chi connectivity index (χ0v) is 8.14. The van der Waals surface area contributed by atoms with Crippen LogP contribution in [0, 0.1) is 0 Å². The molecule has 4 atom stereocenters. The van der Waals surface area contributed by atoms with Gasteiger partial charge in [-0.3, -0.25) is 4.79 Å². The molecule has 0 spiro atoms. The van der Waals surface area contributed by atoms with E-state index in [1.54, 1.807) is 13.8 Å². The second-order valence-electron chi connectivity index (χ2n) is 4.25. The number of carbonyl (C=O) groups excluding carboxylic acids is 1. The number of hydrogen-bond acceptors (Lipinski definition) is 5. The van der Waals surface area contributed by atoms with Crippen molar-refractivity contribution in [3.05, 3.63) is 0 Å². The lowest BCUT2D eigenvalue weighted by Gasteiger charge is -2.30. The van der Waals surface area contributed by atoms with Gasteiger partial charge in [0.15, 0.2) is 11.6 Å². The van der Waals surface area contributed by atoms with E-state index in [-0.39, 0.29) is 12.2 Å². The highest BCUT2D eigenvalue weighted by Crippen LogP contribution is 2.35. The van der Waals surface area contributed by atoms with Crippen LogP contribution in [0.3, 0.4) is 0 Å². The van der Waals surface area contributed by atoms with E-state index in [0.717, 1.165) is 0 Å². The van der Waals surface area contributed by atoms with Gasteiger partial charge in [-0.15, -0.1) is 0 Å². The summed E-state index contributed by atoms with van der Waals surface area (Å²) in [5.74, 6) is -1.07. The van der Waals surface area contributed by atoms with Crippen LogP contribution in [-0.2, 0) is 14.3 Å². The van der Waals surface area contributed by atoms with E-state index in [1.807, 2.05) is 0 Å². The van der Waals surface area contributed by atoms with Crippen molar-refractivity contribution in [3.8, 4) is 0 Å². The standard InChI is InChI=1S/C9H14O5/c1-9(2)13-7-5(11)3-4(10)6(12)8(7)14-9/h4,6-8,10,12H,3H2,1-2H3/t4?,6-,7-,8+/m0/s1. The van der Waals surface area contributed by atoms with Gasteiger partial charge in [0, 0.05) is 6.42 Å². The Labute approximate surface area is 81.6 Å². The number of rotatable bonds is 0. The number of fused-ring (bicyclic) bond motifs is 1. The van der Waals surface area contributed by atoms with Crippen LogP contribution in [0.15, 0.2) is 0 Å². The van der Waals surface area contributed by atoms with Crippen LogP contribution in [0.25, 0.3) is 0 Å². The molecule has 0 amide bonds. The van der Waals surface area contributed by atoms with Crippen molar-refractivity contribution >= 4 is 5.78 Å². The van der Waals surface area contributed by atoms with Gasteiger partial charge < -0.3 is 19.7 Å². The number of Topliss-reactive ketones (excluding diaryl/α,β-unsaturated/α-hetero) is 1. The Morgan fingerprint density at radius 3 is 2.64 bits per heavy atom. The number of aliphatic hydroxyl groups is 2. The number of carbonyl (C=O) groups is 1. The molecule has 0 aromatic carbocycles. The summed E-state index contributed by atoms with van der Waals surface area (Å²) in [6, 6.07) is 0. The summed E-state index contributed by atoms with van der Waals surface area (Å²) in [7, 11) is 0. The van der Waals surface area contributed by atoms with Crippen LogP contribution in [0.1, 0.15) is 20.3 Å². The van der Waals surface area contributed by atoms with Gasteiger partial charge in [0.05, 0.1) is 6.10 Å². The fourth-order valence-corrected chi connectivity index (χ4v) is 1.95. The molecule has 1 saturated carbocycles. The molecule has 2 aliphatic rings. The highest BCUT2D eigenvalue weighted by Gasteiger charge is 2.53. The van der Waals surface area contributed by atoms with E-state index in [2.05, 4.69) is 0 Å². The molecule has 1 heterocycles. The molecule has 2 fully saturated rings. The number of hydrogen-bond donors (Lipinski definition) is 2. The molecule has 0 radical (unpaired) electrons. The van der Waals surface area contributed by atoms with Gasteiger partial charge in [-0.1, -0.05) is 0 Å². The van der Waals surface area contributed by atoms with Crippen LogP contribution >= 0.6 is 0 Å². The van der Waals surface area contributed by atoms with Crippen LogP contribution in [0.2, 0.25) is 0 Å². The highest BCUT2D eigenvalue weighted by molar-refractivity contribution is 5.85. The summed E-state index contributed by atoms with van der Waals surface area (Å²) < 4.78 is 10.7. The van der Waals surface area contributed by atoms with E-state index in [0.29, 0.717) is 0 Å². The average Bonchev–Trinajstić information content (AvgIpc) is 2.38. The Balaban J connectivity index is 2.22. The van der Waals surface area contributed by atoms with Crippen molar-refractivity contribution < 1.29 is 24.5 Å². The maximum Gasteiger partial charge on any atom is 0.167 e. The van der Waals surface area contributed by atoms with Crippen molar-refractivity contribution in [2.75, 3.05) is 0 Å². The van der Waals surface area contributed by atoms with Crippen LogP contribution in [-0.4, -0.2) is 46.2 Å². The second-order valence-corrected chi connectivity index (χ2v) is 4.25. The first kappa shape index (κ1) is 10.0. The van der Waals surface area contributed by atoms with Crippen molar-refractivity contribution in [3.63, 3.8) is 0 Å². The van der Waals surface area contributed by atoms with Crippen LogP contribution in [0.5, 0.6) is 0 Å². The van der Waals surface area contributed by atoms with Gasteiger partial charge in [-0.25, -0.2) is 0 Å². The van der Waals surface area contributed by atoms with Gasteiger partial charge in [0.2, 0.25) is 0 Å². The summed E-state index contributed by atoms with van der Waals surface area (Å²) in [5, 5.41) is 18.9. The SMILES string of the molecule is CC1(C)O[C@H]2[C@@H](O1)C(=O)CC(O)[C@@H]2O. The lowest BCUT2D eigenvalue weighted by Crippen LogP contribution is -2.52. The first-order chi connectivity index (χ1) is 6.41. The Hall–Kier alpha value is -0.490. The Morgan fingerprint density at radius 1 is 1.36 bits per heavy atom. The maximum absolute atomic E-state index is 11.4. The minimum absolute atomic E-state index is 0.0677. The topological polar surface area (TPSA) is 76.0 Å². The van der Waals surface area contributed by atoms with E-state index < -0.39 is 30.2 Å². The molecule has 2 N–H and O–H groups in total. The van der Waals surface area contributed by atoms with Gasteiger partial charge in [0.1, 0.15) is 18.3 Å². The van der Waals surface area contributed by atoms with E-state index in [1.165, 1.54) is 0 Å². The first-order valence-electron chi connectivity index (χ1n) is 4.65. The van der Waals surface area contributed by atoms with Crippen LogP contribution in [0.4, 0.5) is 0 Å². The van der Waals surface area contributed by atoms with E-state index in [4.69, 9.17) is 9.47 Å². The van der Waals surface area contributed by atoms with E-state index >= 15 is 0 Å². The van der Waals surface area contributed by atoms with Crippen molar-refractivity contribution in [1.29, 1.82) is 0 Å². The van der Waals surface area contributed by atoms with E-state index in [9.17, 15) is 15.0 Å². The predicted molar refractivity (Wildman–Crippen MR) is 45.5 cm³/mol. The Kier molecular flexibility index (Phi) is 2.15. The molecular formula is C9H14O5. The quantitative estimate of drug-likeness (QED) is 0.538. The minimum atomic E-state index is -1.04. The Morgan fingerprint density at radius 2 is 2.00 bits per heavy atom. The number of ether oxygens (including phenoxy) is 2. The third-order valence-electron chi connectivity index (χ3n) is 2.59. The monoisotopic (exact) mass is 202 g/mol. The van der Waals surface area contributed by atoms with Gasteiger partial charge in [-0.2, -0.15) is 0 Å². The highest BCUT2D eigenvalue weighted by atomic mass is 16.8. The summed E-state index contributed by atoms with van der Waals surface area (Å²) in [6.45, 7) is 3.36. The molecule has 14 heavy (non-hydrogen) atoms. The molecule has 1 aliphatic heterocycles. The van der Waals surface area contributed by atoms with Gasteiger partial charge in [0.25, 0.3) is 0 Å². The van der Waals surface area contributed by atoms with Crippen molar-refractivity contribution in [2.24, 2.45) is 0 Å². The molecule has 0 bridgehead atoms. The largest absolute Gasteiger partial charge is 0.390 e. The average molecular weight is 202 g/mol. The fourth-order valence-electron chi connectivity index (χ4n) is 1.95. The molecule has 1 saturated heterocycles. The predicted octanol–water partition coefficient (Wildman–Crippen LogP) is -0.799. The third-order valence-corrected chi connectivity index (χ3v) is 2.59. The molecule has 5 nitrogen and oxygen atoms in total.